The van der Waals surface area contributed by atoms with E-state index in [9.17, 15) is 5.11 Å². The van der Waals surface area contributed by atoms with E-state index in [0.717, 1.165) is 26.0 Å². The van der Waals surface area contributed by atoms with Gasteiger partial charge < -0.3 is 9.84 Å². The fourth-order valence-corrected chi connectivity index (χ4v) is 2.41. The Labute approximate surface area is 99.8 Å². The standard InChI is InChI=1S/C13H27NO2/c1-10(2)16-9-8-14(5)11-6-7-13(3,4)12(11)15/h10-12,15H,6-9H2,1-5H3. The molecule has 1 fully saturated rings. The van der Waals surface area contributed by atoms with Crippen LogP contribution >= 0.6 is 0 Å². The van der Waals surface area contributed by atoms with Crippen LogP contribution in [0.15, 0.2) is 0 Å². The van der Waals surface area contributed by atoms with Gasteiger partial charge >= 0.3 is 0 Å². The minimum atomic E-state index is -0.212. The van der Waals surface area contributed by atoms with Gasteiger partial charge in [-0.2, -0.15) is 0 Å². The van der Waals surface area contributed by atoms with Crippen LogP contribution < -0.4 is 0 Å². The molecule has 1 N–H and O–H groups in total. The van der Waals surface area contributed by atoms with Crippen molar-refractivity contribution in [2.75, 3.05) is 20.2 Å². The average Bonchev–Trinajstić information content (AvgIpc) is 2.41. The van der Waals surface area contributed by atoms with Gasteiger partial charge in [-0.05, 0) is 39.2 Å². The zero-order valence-corrected chi connectivity index (χ0v) is 11.4. The molecular formula is C13H27NO2. The Bertz CT molecular complexity index is 216. The third kappa shape index (κ3) is 3.44. The number of likely N-dealkylation sites (N-methyl/N-ethyl adjacent to an activating group) is 1. The number of hydrogen-bond donors (Lipinski definition) is 1. The summed E-state index contributed by atoms with van der Waals surface area (Å²) >= 11 is 0. The molecule has 0 amide bonds. The van der Waals surface area contributed by atoms with E-state index >= 15 is 0 Å². The van der Waals surface area contributed by atoms with Crippen molar-refractivity contribution in [1.82, 2.24) is 4.90 Å². The largest absolute Gasteiger partial charge is 0.391 e. The molecule has 0 aromatic heterocycles. The number of hydrogen-bond acceptors (Lipinski definition) is 3. The molecular weight excluding hydrogens is 202 g/mol. The maximum atomic E-state index is 10.2. The Balaban J connectivity index is 2.35. The van der Waals surface area contributed by atoms with Crippen LogP contribution in [0.4, 0.5) is 0 Å². The van der Waals surface area contributed by atoms with Crippen molar-refractivity contribution in [2.45, 2.75) is 58.8 Å². The van der Waals surface area contributed by atoms with E-state index in [4.69, 9.17) is 4.74 Å². The summed E-state index contributed by atoms with van der Waals surface area (Å²) in [7, 11) is 2.08. The first-order valence-corrected chi connectivity index (χ1v) is 6.34. The maximum Gasteiger partial charge on any atom is 0.0746 e. The molecule has 0 bridgehead atoms. The van der Waals surface area contributed by atoms with Crippen LogP contribution in [0.3, 0.4) is 0 Å². The van der Waals surface area contributed by atoms with E-state index in [2.05, 4.69) is 25.8 Å². The highest BCUT2D eigenvalue weighted by Crippen LogP contribution is 2.39. The predicted molar refractivity (Wildman–Crippen MR) is 66.5 cm³/mol. The molecule has 1 saturated carbocycles. The smallest absolute Gasteiger partial charge is 0.0746 e. The molecule has 16 heavy (non-hydrogen) atoms. The molecule has 0 aromatic rings. The van der Waals surface area contributed by atoms with Gasteiger partial charge in [-0.25, -0.2) is 0 Å². The van der Waals surface area contributed by atoms with E-state index < -0.39 is 0 Å². The molecule has 0 spiro atoms. The quantitative estimate of drug-likeness (QED) is 0.781. The Morgan fingerprint density at radius 3 is 2.50 bits per heavy atom. The van der Waals surface area contributed by atoms with Gasteiger partial charge in [0.2, 0.25) is 0 Å². The number of nitrogens with zero attached hydrogens (tertiary/aromatic N) is 1. The SMILES string of the molecule is CC(C)OCCN(C)C1CCC(C)(C)C1O. The number of ether oxygens (including phenoxy) is 1. The average molecular weight is 229 g/mol. The van der Waals surface area contributed by atoms with E-state index in [0.29, 0.717) is 12.1 Å². The molecule has 2 atom stereocenters. The van der Waals surface area contributed by atoms with Crippen LogP contribution in [0.5, 0.6) is 0 Å². The molecule has 3 heteroatoms. The Morgan fingerprint density at radius 1 is 1.44 bits per heavy atom. The Hall–Kier alpha value is -0.120. The minimum Gasteiger partial charge on any atom is -0.391 e. The highest BCUT2D eigenvalue weighted by molar-refractivity contribution is 4.95. The summed E-state index contributed by atoms with van der Waals surface area (Å²) in [6.07, 6.45) is 2.27. The molecule has 0 radical (unpaired) electrons. The topological polar surface area (TPSA) is 32.7 Å². The van der Waals surface area contributed by atoms with Crippen LogP contribution in [0.1, 0.15) is 40.5 Å². The van der Waals surface area contributed by atoms with Gasteiger partial charge in [0, 0.05) is 12.6 Å². The Kier molecular flexibility index (Phi) is 4.77. The lowest BCUT2D eigenvalue weighted by Gasteiger charge is -2.31. The molecule has 1 aliphatic carbocycles. The molecule has 0 aromatic carbocycles. The summed E-state index contributed by atoms with van der Waals surface area (Å²) in [6.45, 7) is 10.0. The van der Waals surface area contributed by atoms with Crippen molar-refractivity contribution >= 4 is 0 Å². The normalized spacial score (nSPS) is 29.2. The summed E-state index contributed by atoms with van der Waals surface area (Å²) in [5.74, 6) is 0. The van der Waals surface area contributed by atoms with Crippen LogP contribution in [-0.2, 0) is 4.74 Å². The molecule has 0 aliphatic heterocycles. The van der Waals surface area contributed by atoms with E-state index in [1.54, 1.807) is 0 Å². The van der Waals surface area contributed by atoms with Gasteiger partial charge in [0.05, 0.1) is 18.8 Å². The van der Waals surface area contributed by atoms with E-state index in [1.165, 1.54) is 0 Å². The van der Waals surface area contributed by atoms with Crippen molar-refractivity contribution in [1.29, 1.82) is 0 Å². The second-order valence-electron chi connectivity index (χ2n) is 5.94. The van der Waals surface area contributed by atoms with Crippen LogP contribution in [0, 0.1) is 5.41 Å². The first kappa shape index (κ1) is 13.9. The molecule has 3 nitrogen and oxygen atoms in total. The maximum absolute atomic E-state index is 10.2. The monoisotopic (exact) mass is 229 g/mol. The van der Waals surface area contributed by atoms with Crippen molar-refractivity contribution in [3.8, 4) is 0 Å². The highest BCUT2D eigenvalue weighted by atomic mass is 16.5. The first-order chi connectivity index (χ1) is 7.34. The zero-order valence-electron chi connectivity index (χ0n) is 11.4. The number of aliphatic hydroxyl groups excluding tert-OH is 1. The minimum absolute atomic E-state index is 0.0673. The van der Waals surface area contributed by atoms with Gasteiger partial charge in [-0.1, -0.05) is 13.8 Å². The van der Waals surface area contributed by atoms with Crippen LogP contribution in [0.2, 0.25) is 0 Å². The van der Waals surface area contributed by atoms with E-state index in [1.807, 2.05) is 13.8 Å². The summed E-state index contributed by atoms with van der Waals surface area (Å²) < 4.78 is 5.54. The molecule has 1 rings (SSSR count). The first-order valence-electron chi connectivity index (χ1n) is 6.34. The zero-order chi connectivity index (χ0) is 12.3. The Morgan fingerprint density at radius 2 is 2.06 bits per heavy atom. The fourth-order valence-electron chi connectivity index (χ4n) is 2.41. The van der Waals surface area contributed by atoms with Gasteiger partial charge in [-0.3, -0.25) is 4.90 Å². The number of aliphatic hydroxyl groups is 1. The number of rotatable bonds is 5. The third-order valence-corrected chi connectivity index (χ3v) is 3.71. The van der Waals surface area contributed by atoms with Crippen LogP contribution in [0.25, 0.3) is 0 Å². The second-order valence-corrected chi connectivity index (χ2v) is 5.94. The van der Waals surface area contributed by atoms with Gasteiger partial charge in [0.1, 0.15) is 0 Å². The van der Waals surface area contributed by atoms with Crippen molar-refractivity contribution < 1.29 is 9.84 Å². The summed E-state index contributed by atoms with van der Waals surface area (Å²) in [6, 6.07) is 0.297. The van der Waals surface area contributed by atoms with Crippen molar-refractivity contribution in [3.63, 3.8) is 0 Å². The molecule has 96 valence electrons. The second kappa shape index (κ2) is 5.48. The summed E-state index contributed by atoms with van der Waals surface area (Å²) in [5, 5.41) is 10.2. The summed E-state index contributed by atoms with van der Waals surface area (Å²) in [5.41, 5.74) is 0.0673. The highest BCUT2D eigenvalue weighted by Gasteiger charge is 2.42. The van der Waals surface area contributed by atoms with Crippen LogP contribution in [-0.4, -0.2) is 48.5 Å². The predicted octanol–water partition coefficient (Wildman–Crippen LogP) is 1.89. The molecule has 1 aliphatic rings. The van der Waals surface area contributed by atoms with Crippen molar-refractivity contribution in [2.24, 2.45) is 5.41 Å². The van der Waals surface area contributed by atoms with Gasteiger partial charge in [0.25, 0.3) is 0 Å². The lowest BCUT2D eigenvalue weighted by molar-refractivity contribution is 0.00551. The third-order valence-electron chi connectivity index (χ3n) is 3.71. The lowest BCUT2D eigenvalue weighted by atomic mass is 9.89. The van der Waals surface area contributed by atoms with Gasteiger partial charge in [0.15, 0.2) is 0 Å². The fraction of sp³-hybridized carbons (Fsp3) is 1.00. The van der Waals surface area contributed by atoms with Gasteiger partial charge in [-0.15, -0.1) is 0 Å². The molecule has 0 saturated heterocycles. The molecule has 2 unspecified atom stereocenters. The summed E-state index contributed by atoms with van der Waals surface area (Å²) in [4.78, 5) is 2.24. The van der Waals surface area contributed by atoms with E-state index in [-0.39, 0.29) is 11.5 Å². The molecule has 0 heterocycles. The van der Waals surface area contributed by atoms with Crippen molar-refractivity contribution in [3.05, 3.63) is 0 Å². The lowest BCUT2D eigenvalue weighted by Crippen LogP contribution is -2.43.